The van der Waals surface area contributed by atoms with E-state index >= 15 is 0 Å². The Morgan fingerprint density at radius 3 is 2.83 bits per heavy atom. The van der Waals surface area contributed by atoms with E-state index in [1.165, 1.54) is 13.0 Å². The molecule has 2 heterocycles. The zero-order valence-corrected chi connectivity index (χ0v) is 7.75. The molecule has 0 bridgehead atoms. The van der Waals surface area contributed by atoms with E-state index in [1.54, 1.807) is 0 Å². The van der Waals surface area contributed by atoms with Crippen LogP contribution in [0.1, 0.15) is 13.3 Å². The van der Waals surface area contributed by atoms with Crippen molar-refractivity contribution in [1.82, 2.24) is 4.90 Å². The van der Waals surface area contributed by atoms with Crippen molar-refractivity contribution >= 4 is 0 Å². The van der Waals surface area contributed by atoms with E-state index in [0.717, 1.165) is 32.2 Å². The average Bonchev–Trinajstić information content (AvgIpc) is 2.35. The quantitative estimate of drug-likeness (QED) is 0.636. The van der Waals surface area contributed by atoms with Gasteiger partial charge in [-0.15, -0.1) is 0 Å². The van der Waals surface area contributed by atoms with Crippen LogP contribution in [0.2, 0.25) is 0 Å². The first-order chi connectivity index (χ1) is 5.66. The molecule has 12 heavy (non-hydrogen) atoms. The van der Waals surface area contributed by atoms with Crippen molar-refractivity contribution in [3.05, 3.63) is 0 Å². The Hall–Kier alpha value is -0.120. The number of nitrogens with two attached hydrogens (primary N) is 1. The monoisotopic (exact) mass is 170 g/mol. The Balaban J connectivity index is 1.69. The van der Waals surface area contributed by atoms with E-state index < -0.39 is 0 Å². The number of hydrogen-bond acceptors (Lipinski definition) is 3. The summed E-state index contributed by atoms with van der Waals surface area (Å²) in [7, 11) is 0. The molecule has 0 aliphatic carbocycles. The summed E-state index contributed by atoms with van der Waals surface area (Å²) >= 11 is 0. The molecule has 0 spiro atoms. The van der Waals surface area contributed by atoms with E-state index in [2.05, 4.69) is 11.8 Å². The van der Waals surface area contributed by atoms with Gasteiger partial charge in [-0.1, -0.05) is 0 Å². The third kappa shape index (κ3) is 1.79. The predicted molar refractivity (Wildman–Crippen MR) is 48.0 cm³/mol. The number of ether oxygens (including phenoxy) is 1. The van der Waals surface area contributed by atoms with Crippen molar-refractivity contribution in [3.8, 4) is 0 Å². The molecule has 2 N–H and O–H groups in total. The molecule has 2 saturated heterocycles. The fourth-order valence-electron chi connectivity index (χ4n) is 2.20. The Morgan fingerprint density at radius 2 is 2.33 bits per heavy atom. The molecule has 2 fully saturated rings. The van der Waals surface area contributed by atoms with Crippen LogP contribution >= 0.6 is 0 Å². The van der Waals surface area contributed by atoms with Gasteiger partial charge in [0.05, 0.1) is 6.61 Å². The molecule has 0 radical (unpaired) electrons. The highest BCUT2D eigenvalue weighted by atomic mass is 16.5. The van der Waals surface area contributed by atoms with Crippen LogP contribution in [0.3, 0.4) is 0 Å². The molecule has 0 aromatic rings. The van der Waals surface area contributed by atoms with Crippen LogP contribution in [0.15, 0.2) is 0 Å². The largest absolute Gasteiger partial charge is 0.381 e. The van der Waals surface area contributed by atoms with Crippen LogP contribution in [0.25, 0.3) is 0 Å². The first-order valence-electron chi connectivity index (χ1n) is 4.75. The van der Waals surface area contributed by atoms with E-state index in [9.17, 15) is 0 Å². The number of rotatable bonds is 2. The van der Waals surface area contributed by atoms with Gasteiger partial charge < -0.3 is 10.5 Å². The topological polar surface area (TPSA) is 38.5 Å². The van der Waals surface area contributed by atoms with Crippen molar-refractivity contribution < 1.29 is 4.74 Å². The summed E-state index contributed by atoms with van der Waals surface area (Å²) in [6.07, 6.45) is 1.23. The SMILES string of the molecule is CC1(N)CN(CC2CCOC2)C1. The minimum atomic E-state index is 0.0828. The van der Waals surface area contributed by atoms with Gasteiger partial charge in [0.2, 0.25) is 0 Å². The van der Waals surface area contributed by atoms with Crippen LogP contribution < -0.4 is 5.73 Å². The van der Waals surface area contributed by atoms with E-state index in [0.29, 0.717) is 0 Å². The van der Waals surface area contributed by atoms with Gasteiger partial charge in [-0.25, -0.2) is 0 Å². The number of hydrogen-bond donors (Lipinski definition) is 1. The molecule has 0 amide bonds. The highest BCUT2D eigenvalue weighted by molar-refractivity contribution is 4.96. The van der Waals surface area contributed by atoms with Gasteiger partial charge in [-0.05, 0) is 19.3 Å². The second-order valence-corrected chi connectivity index (χ2v) is 4.55. The molecule has 0 aromatic heterocycles. The molecule has 2 aliphatic heterocycles. The third-order valence-corrected chi connectivity index (χ3v) is 2.71. The summed E-state index contributed by atoms with van der Waals surface area (Å²) in [5.41, 5.74) is 6.00. The smallest absolute Gasteiger partial charge is 0.0507 e. The molecular weight excluding hydrogens is 152 g/mol. The highest BCUT2D eigenvalue weighted by Gasteiger charge is 2.35. The maximum atomic E-state index is 5.91. The predicted octanol–water partition coefficient (Wildman–Crippen LogP) is 0.0559. The lowest BCUT2D eigenvalue weighted by Gasteiger charge is -2.46. The summed E-state index contributed by atoms with van der Waals surface area (Å²) in [5.74, 6) is 0.765. The molecule has 1 atom stereocenters. The van der Waals surface area contributed by atoms with Gasteiger partial charge in [0.1, 0.15) is 0 Å². The molecule has 2 aliphatic rings. The zero-order valence-electron chi connectivity index (χ0n) is 7.75. The summed E-state index contributed by atoms with van der Waals surface area (Å²) in [5, 5.41) is 0. The molecule has 3 nitrogen and oxygen atoms in total. The summed E-state index contributed by atoms with van der Waals surface area (Å²) < 4.78 is 5.32. The van der Waals surface area contributed by atoms with Crippen molar-refractivity contribution in [2.75, 3.05) is 32.8 Å². The molecular formula is C9H18N2O. The molecule has 3 heteroatoms. The first kappa shape index (κ1) is 8.48. The van der Waals surface area contributed by atoms with Crippen molar-refractivity contribution in [2.24, 2.45) is 11.7 Å². The molecule has 1 unspecified atom stereocenters. The van der Waals surface area contributed by atoms with E-state index in [1.807, 2.05) is 0 Å². The molecule has 2 rings (SSSR count). The lowest BCUT2D eigenvalue weighted by atomic mass is 9.92. The van der Waals surface area contributed by atoms with Crippen molar-refractivity contribution in [2.45, 2.75) is 18.9 Å². The average molecular weight is 170 g/mol. The summed E-state index contributed by atoms with van der Waals surface area (Å²) in [6, 6.07) is 0. The third-order valence-electron chi connectivity index (χ3n) is 2.71. The highest BCUT2D eigenvalue weighted by Crippen LogP contribution is 2.21. The van der Waals surface area contributed by atoms with Crippen LogP contribution in [-0.2, 0) is 4.74 Å². The minimum Gasteiger partial charge on any atom is -0.381 e. The molecule has 0 aromatic carbocycles. The second kappa shape index (κ2) is 2.98. The lowest BCUT2D eigenvalue weighted by Crippen LogP contribution is -2.65. The van der Waals surface area contributed by atoms with Gasteiger partial charge in [-0.3, -0.25) is 4.90 Å². The van der Waals surface area contributed by atoms with Crippen LogP contribution in [-0.4, -0.2) is 43.3 Å². The number of nitrogens with zero attached hydrogens (tertiary/aromatic N) is 1. The van der Waals surface area contributed by atoms with Gasteiger partial charge in [0, 0.05) is 31.8 Å². The maximum absolute atomic E-state index is 5.91. The van der Waals surface area contributed by atoms with E-state index in [-0.39, 0.29) is 5.54 Å². The Labute approximate surface area is 73.9 Å². The van der Waals surface area contributed by atoms with Gasteiger partial charge in [-0.2, -0.15) is 0 Å². The van der Waals surface area contributed by atoms with Crippen LogP contribution in [0.5, 0.6) is 0 Å². The van der Waals surface area contributed by atoms with Gasteiger partial charge in [0.25, 0.3) is 0 Å². The fraction of sp³-hybridized carbons (Fsp3) is 1.00. The molecule has 0 saturated carbocycles. The Bertz CT molecular complexity index is 156. The minimum absolute atomic E-state index is 0.0828. The fourth-order valence-corrected chi connectivity index (χ4v) is 2.20. The number of likely N-dealkylation sites (tertiary alicyclic amines) is 1. The summed E-state index contributed by atoms with van der Waals surface area (Å²) in [4.78, 5) is 2.43. The lowest BCUT2D eigenvalue weighted by molar-refractivity contribution is 0.0632. The van der Waals surface area contributed by atoms with E-state index in [4.69, 9.17) is 10.5 Å². The summed E-state index contributed by atoms with van der Waals surface area (Å²) in [6.45, 7) is 7.34. The molecule has 70 valence electrons. The second-order valence-electron chi connectivity index (χ2n) is 4.55. The van der Waals surface area contributed by atoms with Crippen molar-refractivity contribution in [3.63, 3.8) is 0 Å². The Morgan fingerprint density at radius 1 is 1.58 bits per heavy atom. The van der Waals surface area contributed by atoms with Gasteiger partial charge in [0.15, 0.2) is 0 Å². The maximum Gasteiger partial charge on any atom is 0.0507 e. The van der Waals surface area contributed by atoms with Crippen LogP contribution in [0, 0.1) is 5.92 Å². The van der Waals surface area contributed by atoms with Crippen molar-refractivity contribution in [1.29, 1.82) is 0 Å². The van der Waals surface area contributed by atoms with Crippen LogP contribution in [0.4, 0.5) is 0 Å². The first-order valence-corrected chi connectivity index (χ1v) is 4.75. The standard InChI is InChI=1S/C9H18N2O/c1-9(10)6-11(7-9)4-8-2-3-12-5-8/h8H,2-7,10H2,1H3. The zero-order chi connectivity index (χ0) is 8.60. The van der Waals surface area contributed by atoms with Gasteiger partial charge >= 0.3 is 0 Å². The Kier molecular flexibility index (Phi) is 2.10. The normalized spacial score (nSPS) is 35.0.